The normalized spacial score (nSPS) is 17.7. The molecule has 1 N–H and O–H groups in total. The van der Waals surface area contributed by atoms with Crippen LogP contribution in [-0.4, -0.2) is 42.4 Å². The minimum absolute atomic E-state index is 0.118. The maximum Gasteiger partial charge on any atom is 0.349 e. The molecule has 1 aromatic heterocycles. The second kappa shape index (κ2) is 8.20. The molecule has 0 spiro atoms. The maximum atomic E-state index is 12.3. The van der Waals surface area contributed by atoms with Crippen LogP contribution in [0.2, 0.25) is 0 Å². The fraction of sp³-hybridized carbons (Fsp3) is 0.632. The molecule has 0 aliphatic carbocycles. The van der Waals surface area contributed by atoms with Crippen LogP contribution in [0.5, 0.6) is 0 Å². The Kier molecular flexibility index (Phi) is 6.44. The predicted molar refractivity (Wildman–Crippen MR) is 102 cm³/mol. The van der Waals surface area contributed by atoms with E-state index in [1.165, 1.54) is 11.3 Å². The highest BCUT2D eigenvalue weighted by Crippen LogP contribution is 2.29. The molecule has 1 aliphatic rings. The zero-order valence-corrected chi connectivity index (χ0v) is 17.0. The van der Waals surface area contributed by atoms with Crippen molar-refractivity contribution in [2.45, 2.75) is 47.5 Å². The number of ether oxygens (including phenoxy) is 1. The molecule has 1 atom stereocenters. The molecule has 0 radical (unpaired) electrons. The molecule has 2 rings (SSSR count). The van der Waals surface area contributed by atoms with Crippen molar-refractivity contribution in [1.82, 2.24) is 4.90 Å². The van der Waals surface area contributed by atoms with Crippen LogP contribution in [-0.2, 0) is 14.3 Å². The van der Waals surface area contributed by atoms with Crippen molar-refractivity contribution in [3.63, 3.8) is 0 Å². The maximum absolute atomic E-state index is 12.3. The van der Waals surface area contributed by atoms with Gasteiger partial charge in [-0.2, -0.15) is 0 Å². The zero-order chi connectivity index (χ0) is 19.5. The summed E-state index contributed by atoms with van der Waals surface area (Å²) in [6, 6.07) is 1.75. The molecule has 1 saturated heterocycles. The molecule has 144 valence electrons. The molecular weight excluding hydrogens is 352 g/mol. The van der Waals surface area contributed by atoms with E-state index >= 15 is 0 Å². The van der Waals surface area contributed by atoms with Gasteiger partial charge >= 0.3 is 5.97 Å². The van der Waals surface area contributed by atoms with E-state index in [1.807, 2.05) is 20.8 Å². The van der Waals surface area contributed by atoms with E-state index in [0.29, 0.717) is 15.8 Å². The first-order valence-corrected chi connectivity index (χ1v) is 9.76. The molecule has 1 unspecified atom stereocenters. The van der Waals surface area contributed by atoms with Gasteiger partial charge in [0.15, 0.2) is 6.61 Å². The number of nitrogens with one attached hydrogen (secondary N) is 1. The fourth-order valence-corrected chi connectivity index (χ4v) is 3.71. The highest BCUT2D eigenvalue weighted by atomic mass is 32.1. The largest absolute Gasteiger partial charge is 0.451 e. The molecule has 0 bridgehead atoms. The van der Waals surface area contributed by atoms with Gasteiger partial charge in [-0.25, -0.2) is 4.79 Å². The third kappa shape index (κ3) is 5.30. The Hall–Kier alpha value is -1.89. The molecule has 1 aliphatic heterocycles. The summed E-state index contributed by atoms with van der Waals surface area (Å²) in [4.78, 5) is 38.8. The molecule has 0 saturated carbocycles. The molecule has 2 amide bonds. The molecule has 6 nitrogen and oxygen atoms in total. The number of nitrogens with zero attached hydrogens (tertiary/aromatic N) is 1. The highest BCUT2D eigenvalue weighted by Gasteiger charge is 2.25. The van der Waals surface area contributed by atoms with Crippen LogP contribution >= 0.6 is 11.3 Å². The first-order valence-electron chi connectivity index (χ1n) is 8.94. The number of carbonyl (C=O) groups excluding carboxylic acids is 3. The van der Waals surface area contributed by atoms with Crippen molar-refractivity contribution < 1.29 is 19.1 Å². The number of amides is 2. The number of thiophene rings is 1. The number of rotatable bonds is 4. The lowest BCUT2D eigenvalue weighted by molar-refractivity contribution is -0.136. The first kappa shape index (κ1) is 20.4. The number of hydrogen-bond donors (Lipinski definition) is 1. The minimum Gasteiger partial charge on any atom is -0.451 e. The van der Waals surface area contributed by atoms with Gasteiger partial charge in [0, 0.05) is 18.5 Å². The Bertz CT molecular complexity index is 690. The molecule has 0 aromatic carbocycles. The Morgan fingerprint density at radius 3 is 2.65 bits per heavy atom. The number of carbonyl (C=O) groups is 3. The van der Waals surface area contributed by atoms with E-state index in [4.69, 9.17) is 4.74 Å². The smallest absolute Gasteiger partial charge is 0.349 e. The molecule has 1 fully saturated rings. The summed E-state index contributed by atoms with van der Waals surface area (Å²) in [5, 5.41) is 3.42. The lowest BCUT2D eigenvalue weighted by Crippen LogP contribution is -2.41. The Balaban J connectivity index is 1.93. The first-order chi connectivity index (χ1) is 12.1. The summed E-state index contributed by atoms with van der Waals surface area (Å²) in [5.74, 6) is -0.312. The van der Waals surface area contributed by atoms with Gasteiger partial charge in [0.05, 0.1) is 5.00 Å². The van der Waals surface area contributed by atoms with Gasteiger partial charge in [-0.15, -0.1) is 11.3 Å². The third-order valence-electron chi connectivity index (χ3n) is 4.36. The van der Waals surface area contributed by atoms with Gasteiger partial charge in [0.1, 0.15) is 4.88 Å². The van der Waals surface area contributed by atoms with Gasteiger partial charge in [-0.1, -0.05) is 27.7 Å². The number of hydrogen-bond acceptors (Lipinski definition) is 5. The topological polar surface area (TPSA) is 75.7 Å². The summed E-state index contributed by atoms with van der Waals surface area (Å²) < 4.78 is 5.21. The van der Waals surface area contributed by atoms with E-state index in [0.717, 1.165) is 31.5 Å². The van der Waals surface area contributed by atoms with Crippen LogP contribution in [0.1, 0.15) is 55.8 Å². The van der Waals surface area contributed by atoms with Gasteiger partial charge in [0.25, 0.3) is 5.91 Å². The van der Waals surface area contributed by atoms with Crippen molar-refractivity contribution in [1.29, 1.82) is 0 Å². The average Bonchev–Trinajstić information content (AvgIpc) is 2.91. The van der Waals surface area contributed by atoms with Crippen molar-refractivity contribution in [2.24, 2.45) is 11.3 Å². The Morgan fingerprint density at radius 1 is 1.35 bits per heavy atom. The van der Waals surface area contributed by atoms with Crippen LogP contribution in [0.4, 0.5) is 5.00 Å². The van der Waals surface area contributed by atoms with Crippen LogP contribution in [0.3, 0.4) is 0 Å². The van der Waals surface area contributed by atoms with Crippen molar-refractivity contribution in [3.05, 3.63) is 16.5 Å². The summed E-state index contributed by atoms with van der Waals surface area (Å²) in [6.45, 7) is 10.6. The molecule has 26 heavy (non-hydrogen) atoms. The fourth-order valence-electron chi connectivity index (χ4n) is 2.75. The van der Waals surface area contributed by atoms with Crippen LogP contribution in [0.15, 0.2) is 6.07 Å². The summed E-state index contributed by atoms with van der Waals surface area (Å²) >= 11 is 1.17. The van der Waals surface area contributed by atoms with E-state index < -0.39 is 11.4 Å². The molecular formula is C19H28N2O4S. The summed E-state index contributed by atoms with van der Waals surface area (Å²) in [6.07, 6.45) is 2.11. The van der Waals surface area contributed by atoms with Crippen LogP contribution in [0.25, 0.3) is 0 Å². The standard InChI is InChI=1S/C19H28N2O4S/c1-12-7-6-8-21(10-12)15(22)11-25-17(23)16-13(2)9-14(26-16)20-18(24)19(3,4)5/h9,12H,6-8,10-11H2,1-5H3,(H,20,24). The number of esters is 1. The van der Waals surface area contributed by atoms with Crippen molar-refractivity contribution in [3.8, 4) is 0 Å². The second-order valence-electron chi connectivity index (χ2n) is 7.99. The minimum atomic E-state index is -0.526. The van der Waals surface area contributed by atoms with Gasteiger partial charge < -0.3 is 15.0 Å². The molecule has 2 heterocycles. The van der Waals surface area contributed by atoms with E-state index in [-0.39, 0.29) is 18.4 Å². The zero-order valence-electron chi connectivity index (χ0n) is 16.2. The van der Waals surface area contributed by atoms with E-state index in [2.05, 4.69) is 12.2 Å². The average molecular weight is 381 g/mol. The van der Waals surface area contributed by atoms with Gasteiger partial charge in [-0.05, 0) is 37.3 Å². The van der Waals surface area contributed by atoms with Crippen molar-refractivity contribution in [2.75, 3.05) is 25.0 Å². The SMILES string of the molecule is Cc1cc(NC(=O)C(C)(C)C)sc1C(=O)OCC(=O)N1CCCC(C)C1. The third-order valence-corrected chi connectivity index (χ3v) is 5.49. The highest BCUT2D eigenvalue weighted by molar-refractivity contribution is 7.18. The Labute approximate surface area is 158 Å². The van der Waals surface area contributed by atoms with Gasteiger partial charge in [0.2, 0.25) is 5.91 Å². The quantitative estimate of drug-likeness (QED) is 0.812. The predicted octanol–water partition coefficient (Wildman–Crippen LogP) is 3.46. The van der Waals surface area contributed by atoms with Crippen LogP contribution < -0.4 is 5.32 Å². The second-order valence-corrected chi connectivity index (χ2v) is 9.04. The van der Waals surface area contributed by atoms with E-state index in [9.17, 15) is 14.4 Å². The van der Waals surface area contributed by atoms with Gasteiger partial charge in [-0.3, -0.25) is 9.59 Å². The lowest BCUT2D eigenvalue weighted by atomic mass is 9.96. The van der Waals surface area contributed by atoms with Crippen molar-refractivity contribution >= 4 is 34.1 Å². The summed E-state index contributed by atoms with van der Waals surface area (Å²) in [5.41, 5.74) is 0.208. The van der Waals surface area contributed by atoms with E-state index in [1.54, 1.807) is 17.9 Å². The number of piperidine rings is 1. The molecule has 7 heteroatoms. The molecule has 1 aromatic rings. The summed E-state index contributed by atoms with van der Waals surface area (Å²) in [7, 11) is 0. The Morgan fingerprint density at radius 2 is 2.04 bits per heavy atom. The van der Waals surface area contributed by atoms with Crippen LogP contribution in [0, 0.1) is 18.3 Å². The number of anilines is 1. The lowest BCUT2D eigenvalue weighted by Gasteiger charge is -2.30. The monoisotopic (exact) mass is 380 g/mol. The number of aryl methyl sites for hydroxylation is 1. The number of likely N-dealkylation sites (tertiary alicyclic amines) is 1.